The lowest BCUT2D eigenvalue weighted by Gasteiger charge is -2.55. The van der Waals surface area contributed by atoms with Crippen LogP contribution in [0.4, 0.5) is 0 Å². The largest absolute Gasteiger partial charge is 0.338 e. The molecule has 2 atom stereocenters. The number of aromatic nitrogens is 2. The van der Waals surface area contributed by atoms with E-state index in [0.717, 1.165) is 30.0 Å². The van der Waals surface area contributed by atoms with Gasteiger partial charge in [0, 0.05) is 5.41 Å². The highest BCUT2D eigenvalue weighted by Crippen LogP contribution is 2.60. The molecule has 4 aliphatic carbocycles. The summed E-state index contributed by atoms with van der Waals surface area (Å²) in [5.41, 5.74) is 6.47. The lowest BCUT2D eigenvalue weighted by Crippen LogP contribution is -2.49. The van der Waals surface area contributed by atoms with E-state index >= 15 is 0 Å². The van der Waals surface area contributed by atoms with Gasteiger partial charge in [0.2, 0.25) is 5.89 Å². The van der Waals surface area contributed by atoms with Crippen molar-refractivity contribution in [1.29, 1.82) is 0 Å². The van der Waals surface area contributed by atoms with Gasteiger partial charge in [0.25, 0.3) is 0 Å². The maximum absolute atomic E-state index is 6.26. The van der Waals surface area contributed by atoms with Crippen LogP contribution in [0.15, 0.2) is 4.52 Å². The van der Waals surface area contributed by atoms with E-state index in [9.17, 15) is 0 Å². The average Bonchev–Trinajstić information content (AvgIpc) is 2.94. The summed E-state index contributed by atoms with van der Waals surface area (Å²) in [6.45, 7) is 4.31. The Hall–Kier alpha value is -0.900. The molecule has 0 aliphatic heterocycles. The predicted molar refractivity (Wildman–Crippen MR) is 80.5 cm³/mol. The standard InChI is InChI=1S/C17H27N3O/c1-3-10(2)14(18)15-19-16(20-21-15)17-7-11-4-12(8-17)6-13(5-11)9-17/h10-14H,3-9,18H2,1-2H3/t10?,11?,12?,13?,14-,17?/m0/s1. The van der Waals surface area contributed by atoms with Crippen molar-refractivity contribution in [1.82, 2.24) is 10.1 Å². The number of rotatable bonds is 4. The Morgan fingerprint density at radius 3 is 2.29 bits per heavy atom. The third-order valence-corrected chi connectivity index (χ3v) is 6.50. The molecule has 2 N–H and O–H groups in total. The first-order chi connectivity index (χ1) is 10.1. The summed E-state index contributed by atoms with van der Waals surface area (Å²) in [6.07, 6.45) is 9.18. The summed E-state index contributed by atoms with van der Waals surface area (Å²) >= 11 is 0. The van der Waals surface area contributed by atoms with Crippen molar-refractivity contribution in [2.75, 3.05) is 0 Å². The van der Waals surface area contributed by atoms with Gasteiger partial charge in [-0.3, -0.25) is 0 Å². The Morgan fingerprint density at radius 2 is 1.76 bits per heavy atom. The van der Waals surface area contributed by atoms with Gasteiger partial charge in [0.1, 0.15) is 0 Å². The molecule has 1 aromatic rings. The van der Waals surface area contributed by atoms with Crippen LogP contribution in [0, 0.1) is 23.7 Å². The minimum Gasteiger partial charge on any atom is -0.338 e. The van der Waals surface area contributed by atoms with Gasteiger partial charge in [0.15, 0.2) is 5.82 Å². The Kier molecular flexibility index (Phi) is 3.14. The lowest BCUT2D eigenvalue weighted by molar-refractivity contribution is -0.0103. The van der Waals surface area contributed by atoms with Gasteiger partial charge in [0.05, 0.1) is 6.04 Å². The minimum atomic E-state index is -0.120. The fraction of sp³-hybridized carbons (Fsp3) is 0.882. The quantitative estimate of drug-likeness (QED) is 0.920. The molecule has 0 radical (unpaired) electrons. The van der Waals surface area contributed by atoms with Crippen LogP contribution in [-0.2, 0) is 5.41 Å². The molecule has 1 heterocycles. The van der Waals surface area contributed by atoms with Gasteiger partial charge >= 0.3 is 0 Å². The number of hydrogen-bond donors (Lipinski definition) is 1. The Bertz CT molecular complexity index is 489. The van der Waals surface area contributed by atoms with E-state index < -0.39 is 0 Å². The van der Waals surface area contributed by atoms with E-state index in [-0.39, 0.29) is 11.5 Å². The highest BCUT2D eigenvalue weighted by atomic mass is 16.5. The van der Waals surface area contributed by atoms with Crippen molar-refractivity contribution in [2.45, 2.75) is 70.3 Å². The van der Waals surface area contributed by atoms with E-state index in [0.29, 0.717) is 11.8 Å². The minimum absolute atomic E-state index is 0.120. The average molecular weight is 289 g/mol. The highest BCUT2D eigenvalue weighted by molar-refractivity contribution is 5.17. The molecule has 0 spiro atoms. The molecule has 4 fully saturated rings. The molecule has 0 amide bonds. The smallest absolute Gasteiger partial charge is 0.243 e. The monoisotopic (exact) mass is 289 g/mol. The summed E-state index contributed by atoms with van der Waals surface area (Å²) < 4.78 is 5.55. The maximum Gasteiger partial charge on any atom is 0.243 e. The van der Waals surface area contributed by atoms with E-state index in [2.05, 4.69) is 19.0 Å². The fourth-order valence-corrected chi connectivity index (χ4v) is 5.47. The molecule has 4 nitrogen and oxygen atoms in total. The van der Waals surface area contributed by atoms with Crippen LogP contribution in [0.25, 0.3) is 0 Å². The second-order valence-corrected chi connectivity index (χ2v) is 8.07. The zero-order valence-electron chi connectivity index (χ0n) is 13.2. The fourth-order valence-electron chi connectivity index (χ4n) is 5.47. The zero-order chi connectivity index (χ0) is 14.6. The van der Waals surface area contributed by atoms with Gasteiger partial charge in [-0.15, -0.1) is 0 Å². The molecule has 4 saturated carbocycles. The van der Waals surface area contributed by atoms with Gasteiger partial charge in [-0.25, -0.2) is 0 Å². The zero-order valence-corrected chi connectivity index (χ0v) is 13.2. The van der Waals surface area contributed by atoms with Crippen LogP contribution in [0.2, 0.25) is 0 Å². The number of nitrogens with two attached hydrogens (primary N) is 1. The number of nitrogens with zero attached hydrogens (tertiary/aromatic N) is 2. The summed E-state index contributed by atoms with van der Waals surface area (Å²) in [5, 5.41) is 4.38. The first-order valence-corrected chi connectivity index (χ1v) is 8.69. The Morgan fingerprint density at radius 1 is 1.19 bits per heavy atom. The SMILES string of the molecule is CCC(C)[C@H](N)c1nc(C23CC4CC(CC(C4)C2)C3)no1. The molecule has 4 bridgehead atoms. The molecule has 0 aromatic carbocycles. The van der Waals surface area contributed by atoms with E-state index in [1.807, 2.05) is 0 Å². The highest BCUT2D eigenvalue weighted by Gasteiger charge is 2.53. The lowest BCUT2D eigenvalue weighted by atomic mass is 9.49. The van der Waals surface area contributed by atoms with Gasteiger partial charge < -0.3 is 10.3 Å². The summed E-state index contributed by atoms with van der Waals surface area (Å²) in [7, 11) is 0. The van der Waals surface area contributed by atoms with E-state index in [4.69, 9.17) is 15.2 Å². The molecular formula is C17H27N3O. The first kappa shape index (κ1) is 13.7. The number of hydrogen-bond acceptors (Lipinski definition) is 4. The molecule has 1 aromatic heterocycles. The molecule has 5 rings (SSSR count). The van der Waals surface area contributed by atoms with Crippen molar-refractivity contribution < 1.29 is 4.52 Å². The van der Waals surface area contributed by atoms with Crippen molar-refractivity contribution in [2.24, 2.45) is 29.4 Å². The molecule has 4 aliphatic rings. The van der Waals surface area contributed by atoms with E-state index in [1.165, 1.54) is 38.5 Å². The molecule has 4 heteroatoms. The Balaban J connectivity index is 1.61. The van der Waals surface area contributed by atoms with Crippen molar-refractivity contribution in [3.63, 3.8) is 0 Å². The van der Waals surface area contributed by atoms with Crippen LogP contribution in [0.3, 0.4) is 0 Å². The molecule has 21 heavy (non-hydrogen) atoms. The van der Waals surface area contributed by atoms with Crippen molar-refractivity contribution in [3.8, 4) is 0 Å². The third-order valence-electron chi connectivity index (χ3n) is 6.50. The van der Waals surface area contributed by atoms with Gasteiger partial charge in [-0.2, -0.15) is 4.98 Å². The van der Waals surface area contributed by atoms with Crippen LogP contribution in [0.5, 0.6) is 0 Å². The summed E-state index contributed by atoms with van der Waals surface area (Å²) in [6, 6.07) is -0.120. The summed E-state index contributed by atoms with van der Waals surface area (Å²) in [4.78, 5) is 4.77. The van der Waals surface area contributed by atoms with Crippen LogP contribution in [-0.4, -0.2) is 10.1 Å². The topological polar surface area (TPSA) is 64.9 Å². The predicted octanol–water partition coefficient (Wildman–Crippen LogP) is 3.58. The normalized spacial score (nSPS) is 40.4. The summed E-state index contributed by atoms with van der Waals surface area (Å²) in [5.74, 6) is 4.71. The second-order valence-electron chi connectivity index (χ2n) is 8.07. The van der Waals surface area contributed by atoms with Gasteiger partial charge in [-0.05, 0) is 62.2 Å². The Labute approximate surface area is 126 Å². The van der Waals surface area contributed by atoms with Crippen LogP contribution < -0.4 is 5.73 Å². The molecule has 1 unspecified atom stereocenters. The molecule has 116 valence electrons. The first-order valence-electron chi connectivity index (χ1n) is 8.69. The maximum atomic E-state index is 6.26. The molecular weight excluding hydrogens is 262 g/mol. The third kappa shape index (κ3) is 2.14. The second kappa shape index (κ2) is 4.80. The van der Waals surface area contributed by atoms with Crippen LogP contribution >= 0.6 is 0 Å². The molecule has 0 saturated heterocycles. The van der Waals surface area contributed by atoms with Crippen molar-refractivity contribution in [3.05, 3.63) is 11.7 Å². The van der Waals surface area contributed by atoms with Crippen LogP contribution in [0.1, 0.15) is 76.6 Å². The van der Waals surface area contributed by atoms with E-state index in [1.54, 1.807) is 0 Å². The van der Waals surface area contributed by atoms with Gasteiger partial charge in [-0.1, -0.05) is 25.4 Å². The van der Waals surface area contributed by atoms with Crippen molar-refractivity contribution >= 4 is 0 Å².